The fourth-order valence-electron chi connectivity index (χ4n) is 0.297. The third-order valence-corrected chi connectivity index (χ3v) is 1.30. The minimum atomic E-state index is -2.34. The average Bonchev–Trinajstić information content (AvgIpc) is 2.62. The molecule has 0 aromatic heterocycles. The Kier molecular flexibility index (Phi) is 5.52. The Hall–Kier alpha value is -0.720. The summed E-state index contributed by atoms with van der Waals surface area (Å²) >= 11 is -2.34. The predicted octanol–water partition coefficient (Wildman–Crippen LogP) is 0.0830. The van der Waals surface area contributed by atoms with E-state index in [4.69, 9.17) is 0 Å². The molecule has 0 aromatic rings. The number of hydrogen-bond acceptors (Lipinski definition) is 4. The van der Waals surface area contributed by atoms with E-state index < -0.39 is 11.4 Å². The molecule has 0 aromatic carbocycles. The maximum Gasteiger partial charge on any atom is 0.271 e. The molecule has 1 rings (SSSR count). The van der Waals surface area contributed by atoms with E-state index in [1.54, 1.807) is 0 Å². The van der Waals surface area contributed by atoms with E-state index in [9.17, 15) is 13.6 Å². The quantitative estimate of drug-likeness (QED) is 0.402. The molecule has 1 fully saturated rings. The van der Waals surface area contributed by atoms with Gasteiger partial charge in [0, 0.05) is 0 Å². The van der Waals surface area contributed by atoms with Crippen molar-refractivity contribution in [3.63, 3.8) is 0 Å². The lowest BCUT2D eigenvalue weighted by molar-refractivity contribution is -0.109. The molecule has 1 saturated heterocycles. The molecule has 1 aliphatic rings. The third-order valence-electron chi connectivity index (χ3n) is 0.974. The van der Waals surface area contributed by atoms with Crippen molar-refractivity contribution in [1.29, 1.82) is 0 Å². The van der Waals surface area contributed by atoms with Crippen molar-refractivity contribution in [3.8, 4) is 0 Å². The summed E-state index contributed by atoms with van der Waals surface area (Å²) in [6, 6.07) is 0. The van der Waals surface area contributed by atoms with Crippen molar-refractivity contribution in [2.45, 2.75) is 13.8 Å². The number of hydrogen-bond donors (Lipinski definition) is 1. The number of rotatable bonds is 3. The van der Waals surface area contributed by atoms with Gasteiger partial charge in [0.15, 0.2) is 0 Å². The highest BCUT2D eigenvalue weighted by atomic mass is 32.2. The van der Waals surface area contributed by atoms with Crippen LogP contribution in [0, 0.1) is 5.92 Å². The van der Waals surface area contributed by atoms with Crippen LogP contribution in [-0.2, 0) is 20.3 Å². The third kappa shape index (κ3) is 9.19. The predicted molar refractivity (Wildman–Crippen MR) is 47.0 cm³/mol. The first kappa shape index (κ1) is 12.3. The minimum Gasteiger partial charge on any atom is -0.750 e. The zero-order chi connectivity index (χ0) is 10.4. The van der Waals surface area contributed by atoms with Gasteiger partial charge >= 0.3 is 0 Å². The van der Waals surface area contributed by atoms with Crippen LogP contribution in [0.1, 0.15) is 13.8 Å². The van der Waals surface area contributed by atoms with Crippen LogP contribution in [0.5, 0.6) is 0 Å². The van der Waals surface area contributed by atoms with Gasteiger partial charge in [0.25, 0.3) is 5.91 Å². The zero-order valence-corrected chi connectivity index (χ0v) is 8.35. The smallest absolute Gasteiger partial charge is 0.271 e. The Morgan fingerprint density at radius 3 is 2.15 bits per heavy atom. The van der Waals surface area contributed by atoms with Gasteiger partial charge < -0.3 is 14.1 Å². The monoisotopic (exact) mass is 206 g/mol. The largest absolute Gasteiger partial charge is 0.750 e. The van der Waals surface area contributed by atoms with Crippen LogP contribution in [0.3, 0.4) is 0 Å². The molecular weight excluding hydrogens is 194 g/mol. The van der Waals surface area contributed by atoms with Gasteiger partial charge in [-0.2, -0.15) is 0 Å². The summed E-state index contributed by atoms with van der Waals surface area (Å²) in [5.41, 5.74) is 0.532. The van der Waals surface area contributed by atoms with Gasteiger partial charge in [-0.15, -0.1) is 0 Å². The average molecular weight is 206 g/mol. The van der Waals surface area contributed by atoms with Gasteiger partial charge in [0.2, 0.25) is 0 Å². The molecule has 13 heavy (non-hydrogen) atoms. The molecule has 0 aliphatic carbocycles. The molecule has 1 aliphatic heterocycles. The second-order valence-corrected chi connectivity index (χ2v) is 3.46. The van der Waals surface area contributed by atoms with Crippen LogP contribution in [0.15, 0.2) is 12.3 Å². The summed E-state index contributed by atoms with van der Waals surface area (Å²) in [5.74, 6) is 0.248. The van der Waals surface area contributed by atoms with Gasteiger partial charge in [-0.1, -0.05) is 20.4 Å². The Morgan fingerprint density at radius 2 is 2.08 bits per heavy atom. The van der Waals surface area contributed by atoms with E-state index in [0.717, 1.165) is 0 Å². The summed E-state index contributed by atoms with van der Waals surface area (Å²) in [7, 11) is 0. The molecule has 1 amide bonds. The molecule has 5 nitrogen and oxygen atoms in total. The van der Waals surface area contributed by atoms with Crippen molar-refractivity contribution in [1.82, 2.24) is 5.32 Å². The molecule has 1 unspecified atom stereocenters. The van der Waals surface area contributed by atoms with Crippen molar-refractivity contribution >= 4 is 17.3 Å². The van der Waals surface area contributed by atoms with Crippen LogP contribution in [-0.4, -0.2) is 21.3 Å². The van der Waals surface area contributed by atoms with E-state index in [1.165, 1.54) is 0 Å². The van der Waals surface area contributed by atoms with Gasteiger partial charge in [-0.3, -0.25) is 4.79 Å². The number of carbonyl (C=O) groups is 1. The summed E-state index contributed by atoms with van der Waals surface area (Å²) in [5, 5.41) is 2.36. The van der Waals surface area contributed by atoms with E-state index in [1.807, 2.05) is 13.8 Å². The van der Waals surface area contributed by atoms with Crippen LogP contribution in [0.4, 0.5) is 0 Å². The summed E-state index contributed by atoms with van der Waals surface area (Å²) in [6.45, 7) is 7.32. The summed E-state index contributed by atoms with van der Waals surface area (Å²) in [4.78, 5) is 9.68. The summed E-state index contributed by atoms with van der Waals surface area (Å²) < 4.78 is 23.6. The molecule has 0 bridgehead atoms. The minimum absolute atomic E-state index is 0.0231. The van der Waals surface area contributed by atoms with E-state index in [2.05, 4.69) is 16.1 Å². The van der Waals surface area contributed by atoms with Gasteiger partial charge in [0.1, 0.15) is 0 Å². The lowest BCUT2D eigenvalue weighted by Gasteiger charge is -2.06. The number of carbonyl (C=O) groups excluding carboxylic acids is 1. The SMILES string of the molecule is C=C1NC1=O.CC(C)COS(=O)[O-]. The van der Waals surface area contributed by atoms with Crippen molar-refractivity contribution < 1.29 is 17.7 Å². The van der Waals surface area contributed by atoms with Crippen molar-refractivity contribution in [2.24, 2.45) is 5.92 Å². The maximum atomic E-state index is 9.68. The first-order valence-corrected chi connectivity index (χ1v) is 4.66. The highest BCUT2D eigenvalue weighted by Gasteiger charge is 2.20. The van der Waals surface area contributed by atoms with Crippen LogP contribution >= 0.6 is 0 Å². The van der Waals surface area contributed by atoms with E-state index >= 15 is 0 Å². The molecule has 1 N–H and O–H groups in total. The fraction of sp³-hybridized carbons (Fsp3) is 0.571. The molecule has 1 atom stereocenters. The van der Waals surface area contributed by atoms with Crippen LogP contribution in [0.25, 0.3) is 0 Å². The van der Waals surface area contributed by atoms with Gasteiger partial charge in [-0.05, 0) is 5.92 Å². The second kappa shape index (κ2) is 5.85. The standard InChI is InChI=1S/C4H10O3S.C3H3NO/c1-4(2)3-7-8(5)6;1-2-3(5)4-2/h4H,3H2,1-2H3,(H,5,6);1H2,(H,4,5)/p-1. The fourth-order valence-corrected chi connectivity index (χ4v) is 0.681. The molecule has 76 valence electrons. The van der Waals surface area contributed by atoms with E-state index in [0.29, 0.717) is 5.70 Å². The Balaban J connectivity index is 0.000000243. The molecule has 0 saturated carbocycles. The maximum absolute atomic E-state index is 9.68. The zero-order valence-electron chi connectivity index (χ0n) is 7.53. The van der Waals surface area contributed by atoms with Gasteiger partial charge in [-0.25, -0.2) is 4.21 Å². The topological polar surface area (TPSA) is 88.4 Å². The van der Waals surface area contributed by atoms with Crippen molar-refractivity contribution in [2.75, 3.05) is 6.61 Å². The number of nitrogens with one attached hydrogen (secondary N) is 1. The molecular formula is C7H12NO4S-. The second-order valence-electron chi connectivity index (χ2n) is 2.82. The first-order valence-electron chi connectivity index (χ1n) is 3.66. The summed E-state index contributed by atoms with van der Waals surface area (Å²) in [6.07, 6.45) is 0. The Labute approximate surface area is 79.7 Å². The Morgan fingerprint density at radius 1 is 1.69 bits per heavy atom. The molecule has 1 heterocycles. The highest BCUT2D eigenvalue weighted by Crippen LogP contribution is 1.96. The van der Waals surface area contributed by atoms with E-state index in [-0.39, 0.29) is 18.4 Å². The molecule has 6 heteroatoms. The molecule has 0 radical (unpaired) electrons. The Bertz CT molecular complexity index is 215. The van der Waals surface area contributed by atoms with Crippen molar-refractivity contribution in [3.05, 3.63) is 12.3 Å². The number of amides is 1. The molecule has 0 spiro atoms. The van der Waals surface area contributed by atoms with Gasteiger partial charge in [0.05, 0.1) is 23.7 Å². The lowest BCUT2D eigenvalue weighted by atomic mass is 10.2. The van der Waals surface area contributed by atoms with Crippen LogP contribution < -0.4 is 5.32 Å². The highest BCUT2D eigenvalue weighted by molar-refractivity contribution is 7.74. The van der Waals surface area contributed by atoms with Crippen LogP contribution in [0.2, 0.25) is 0 Å². The lowest BCUT2D eigenvalue weighted by Crippen LogP contribution is -2.03. The normalized spacial score (nSPS) is 16.0. The first-order chi connectivity index (χ1) is 5.93.